The summed E-state index contributed by atoms with van der Waals surface area (Å²) < 4.78 is 9.88. The maximum Gasteiger partial charge on any atom is 0.145 e. The van der Waals surface area contributed by atoms with Crippen LogP contribution in [-0.2, 0) is 11.5 Å². The molecule has 1 aliphatic rings. The number of nitrogens with one attached hydrogen (secondary N) is 1. The Hall–Kier alpha value is -3.90. The van der Waals surface area contributed by atoms with Crippen LogP contribution in [-0.4, -0.2) is 57.1 Å². The smallest absolute Gasteiger partial charge is 0.145 e. The molecule has 39 heavy (non-hydrogen) atoms. The van der Waals surface area contributed by atoms with Gasteiger partial charge in [0.15, 0.2) is 0 Å². The van der Waals surface area contributed by atoms with Gasteiger partial charge in [0.05, 0.1) is 42.1 Å². The van der Waals surface area contributed by atoms with Crippen molar-refractivity contribution in [2.24, 2.45) is 5.92 Å². The maximum absolute atomic E-state index is 9.31. The Morgan fingerprint density at radius 2 is 2.00 bits per heavy atom. The Labute approximate surface area is 230 Å². The van der Waals surface area contributed by atoms with E-state index in [0.717, 1.165) is 54.5 Å². The van der Waals surface area contributed by atoms with Crippen LogP contribution < -0.4 is 5.32 Å². The fourth-order valence-corrected chi connectivity index (χ4v) is 5.28. The molecular formula is C28H35N9OSi. The molecule has 0 saturated carbocycles. The molecule has 0 radical (unpaired) electrons. The zero-order valence-corrected chi connectivity index (χ0v) is 23.8. The molecule has 0 bridgehead atoms. The fourth-order valence-electron chi connectivity index (χ4n) is 4.52. The molecule has 10 nitrogen and oxygen atoms in total. The predicted molar refractivity (Wildman–Crippen MR) is 152 cm³/mol. The number of nitrogens with zero attached hydrogens (tertiary/aromatic N) is 8. The second kappa shape index (κ2) is 13.2. The van der Waals surface area contributed by atoms with E-state index in [9.17, 15) is 5.26 Å². The van der Waals surface area contributed by atoms with E-state index in [4.69, 9.17) is 10.00 Å². The largest absolute Gasteiger partial charge is 0.361 e. The molecule has 5 heterocycles. The average molecular weight is 542 g/mol. The minimum Gasteiger partial charge on any atom is -0.361 e. The number of ether oxygens (including phenoxy) is 1. The van der Waals surface area contributed by atoms with Gasteiger partial charge in [0.25, 0.3) is 0 Å². The number of aromatic nitrogens is 6. The Morgan fingerprint density at radius 3 is 2.67 bits per heavy atom. The van der Waals surface area contributed by atoms with Crippen molar-refractivity contribution in [3.8, 4) is 23.4 Å². The second-order valence-corrected chi connectivity index (χ2v) is 16.5. The molecular weight excluding hydrogens is 506 g/mol. The molecule has 4 aromatic rings. The van der Waals surface area contributed by atoms with E-state index in [2.05, 4.69) is 51.1 Å². The van der Waals surface area contributed by atoms with E-state index in [1.165, 1.54) is 0 Å². The number of nitriles is 2. The maximum atomic E-state index is 9.31. The number of rotatable bonds is 9. The van der Waals surface area contributed by atoms with Crippen molar-refractivity contribution in [2.75, 3.05) is 19.7 Å². The number of pyridine rings is 1. The van der Waals surface area contributed by atoms with Gasteiger partial charge in [0.2, 0.25) is 0 Å². The molecule has 5 rings (SSSR count). The van der Waals surface area contributed by atoms with Crippen molar-refractivity contribution in [3.05, 3.63) is 61.1 Å². The number of fused-ring (bicyclic) bond motifs is 1. The van der Waals surface area contributed by atoms with Crippen LogP contribution >= 0.6 is 0 Å². The van der Waals surface area contributed by atoms with Crippen molar-refractivity contribution in [2.45, 2.75) is 51.3 Å². The molecule has 1 fully saturated rings. The average Bonchev–Trinajstić information content (AvgIpc) is 3.72. The predicted octanol–water partition coefficient (Wildman–Crippen LogP) is 4.62. The third-order valence-electron chi connectivity index (χ3n) is 6.75. The van der Waals surface area contributed by atoms with E-state index >= 15 is 0 Å². The summed E-state index contributed by atoms with van der Waals surface area (Å²) in [6, 6.07) is 10.9. The van der Waals surface area contributed by atoms with E-state index in [1.54, 1.807) is 30.9 Å². The van der Waals surface area contributed by atoms with E-state index in [-0.39, 0.29) is 6.04 Å². The summed E-state index contributed by atoms with van der Waals surface area (Å²) in [6.07, 6.45) is 12.2. The Balaban J connectivity index is 0.000000379. The van der Waals surface area contributed by atoms with Gasteiger partial charge in [-0.3, -0.25) is 9.67 Å². The van der Waals surface area contributed by atoms with Gasteiger partial charge in [0, 0.05) is 57.0 Å². The highest BCUT2D eigenvalue weighted by Gasteiger charge is 2.27. The Morgan fingerprint density at radius 1 is 1.18 bits per heavy atom. The van der Waals surface area contributed by atoms with Gasteiger partial charge in [-0.05, 0) is 43.1 Å². The highest BCUT2D eigenvalue weighted by molar-refractivity contribution is 6.76. The van der Waals surface area contributed by atoms with Gasteiger partial charge in [0.1, 0.15) is 18.7 Å². The third kappa shape index (κ3) is 7.58. The van der Waals surface area contributed by atoms with Crippen LogP contribution in [0.3, 0.4) is 0 Å². The first-order valence-electron chi connectivity index (χ1n) is 13.2. The van der Waals surface area contributed by atoms with Crippen molar-refractivity contribution in [1.29, 1.82) is 10.5 Å². The molecule has 1 saturated heterocycles. The van der Waals surface area contributed by atoms with E-state index in [0.29, 0.717) is 24.6 Å². The Bertz CT molecular complexity index is 1420. The SMILES string of the molecule is C[Si](C)(C)CCOCn1ccc2c(-c3cnn(C(CC#N)C4CCNC4)c3)ncnc21.N#Cc1ccncc1. The van der Waals surface area contributed by atoms with Crippen molar-refractivity contribution >= 4 is 19.1 Å². The lowest BCUT2D eigenvalue weighted by molar-refractivity contribution is 0.0899. The van der Waals surface area contributed by atoms with Gasteiger partial charge >= 0.3 is 0 Å². The van der Waals surface area contributed by atoms with Crippen molar-refractivity contribution < 1.29 is 4.74 Å². The third-order valence-corrected chi connectivity index (χ3v) is 8.45. The quantitative estimate of drug-likeness (QED) is 0.240. The molecule has 2 atom stereocenters. The highest BCUT2D eigenvalue weighted by atomic mass is 28.3. The van der Waals surface area contributed by atoms with Gasteiger partial charge < -0.3 is 14.6 Å². The van der Waals surface area contributed by atoms with Crippen LogP contribution in [0.2, 0.25) is 25.7 Å². The minimum absolute atomic E-state index is 0.0791. The highest BCUT2D eigenvalue weighted by Crippen LogP contribution is 2.30. The monoisotopic (exact) mass is 541 g/mol. The minimum atomic E-state index is -1.10. The zero-order valence-electron chi connectivity index (χ0n) is 22.8. The summed E-state index contributed by atoms with van der Waals surface area (Å²) in [5, 5.41) is 26.6. The lowest BCUT2D eigenvalue weighted by Gasteiger charge is -2.20. The Kier molecular flexibility index (Phi) is 9.55. The van der Waals surface area contributed by atoms with Gasteiger partial charge in [-0.2, -0.15) is 15.6 Å². The molecule has 4 aromatic heterocycles. The molecule has 202 valence electrons. The molecule has 0 spiro atoms. The lowest BCUT2D eigenvalue weighted by atomic mass is 9.97. The topological polar surface area (TPSA) is 130 Å². The van der Waals surface area contributed by atoms with Crippen LogP contribution in [0.4, 0.5) is 0 Å². The first-order valence-corrected chi connectivity index (χ1v) is 16.9. The first-order chi connectivity index (χ1) is 18.9. The summed E-state index contributed by atoms with van der Waals surface area (Å²) >= 11 is 0. The standard InChI is InChI=1S/C22H31N7OSi.C6H4N2/c1-31(2,3)11-10-30-16-28-9-6-19-21(25-15-26-22(19)28)18-13-27-29(14-18)20(4-7-23)17-5-8-24-12-17;7-5-6-1-3-8-4-2-6/h6,9,13-15,17,20,24H,4-5,8,10-12,16H2,1-3H3;1-4H. The summed E-state index contributed by atoms with van der Waals surface area (Å²) in [4.78, 5) is 12.8. The lowest BCUT2D eigenvalue weighted by Crippen LogP contribution is -2.22. The van der Waals surface area contributed by atoms with Gasteiger partial charge in [-0.25, -0.2) is 9.97 Å². The zero-order chi connectivity index (χ0) is 27.7. The number of hydrogen-bond donors (Lipinski definition) is 1. The summed E-state index contributed by atoms with van der Waals surface area (Å²) in [7, 11) is -1.10. The first kappa shape index (κ1) is 28.1. The van der Waals surface area contributed by atoms with Crippen LogP contribution in [0.1, 0.15) is 24.4 Å². The molecule has 1 N–H and O–H groups in total. The van der Waals surface area contributed by atoms with Crippen LogP contribution in [0.25, 0.3) is 22.3 Å². The van der Waals surface area contributed by atoms with Gasteiger partial charge in [-0.1, -0.05) is 19.6 Å². The summed E-state index contributed by atoms with van der Waals surface area (Å²) in [5.41, 5.74) is 3.32. The second-order valence-electron chi connectivity index (χ2n) is 10.8. The fraction of sp³-hybridized carbons (Fsp3) is 0.429. The molecule has 11 heteroatoms. The van der Waals surface area contributed by atoms with Crippen LogP contribution in [0.5, 0.6) is 0 Å². The molecule has 0 aromatic carbocycles. The number of hydrogen-bond acceptors (Lipinski definition) is 8. The van der Waals surface area contributed by atoms with Crippen LogP contribution in [0.15, 0.2) is 55.5 Å². The summed E-state index contributed by atoms with van der Waals surface area (Å²) in [5.74, 6) is 0.423. The summed E-state index contributed by atoms with van der Waals surface area (Å²) in [6.45, 7) is 10.3. The van der Waals surface area contributed by atoms with Crippen LogP contribution in [0, 0.1) is 28.6 Å². The molecule has 1 aliphatic heterocycles. The molecule has 2 unspecified atom stereocenters. The van der Waals surface area contributed by atoms with E-state index in [1.807, 2.05) is 40.0 Å². The van der Waals surface area contributed by atoms with Gasteiger partial charge in [-0.15, -0.1) is 0 Å². The molecule has 0 amide bonds. The normalized spacial score (nSPS) is 15.8. The van der Waals surface area contributed by atoms with Crippen molar-refractivity contribution in [3.63, 3.8) is 0 Å². The van der Waals surface area contributed by atoms with E-state index < -0.39 is 8.07 Å². The van der Waals surface area contributed by atoms with Crippen molar-refractivity contribution in [1.82, 2.24) is 34.6 Å². The molecule has 0 aliphatic carbocycles.